The van der Waals surface area contributed by atoms with Crippen LogP contribution in [0.5, 0.6) is 0 Å². The lowest BCUT2D eigenvalue weighted by Crippen LogP contribution is -2.11. The number of carboxylic acids is 1. The Morgan fingerprint density at radius 2 is 1.74 bits per heavy atom. The topological polar surface area (TPSA) is 92.4 Å². The van der Waals surface area contributed by atoms with Crippen LogP contribution in [0.3, 0.4) is 0 Å². The molecular formula is C26H21N2O4PS. The maximum absolute atomic E-state index is 13.4. The van der Waals surface area contributed by atoms with Gasteiger partial charge in [0.05, 0.1) is 5.69 Å². The van der Waals surface area contributed by atoms with Crippen LogP contribution in [0.2, 0.25) is 0 Å². The minimum Gasteiger partial charge on any atom is -0.477 e. The van der Waals surface area contributed by atoms with Gasteiger partial charge in [-0.25, -0.2) is 4.79 Å². The summed E-state index contributed by atoms with van der Waals surface area (Å²) in [5, 5.41) is 13.4. The van der Waals surface area contributed by atoms with Crippen molar-refractivity contribution in [3.63, 3.8) is 0 Å². The minimum absolute atomic E-state index is 0.122. The number of benzene rings is 2. The number of carbonyl (C=O) groups is 1. The highest BCUT2D eigenvalue weighted by Crippen LogP contribution is 2.45. The summed E-state index contributed by atoms with van der Waals surface area (Å²) < 4.78 is 19.3. The lowest BCUT2D eigenvalue weighted by atomic mass is 10.1. The quantitative estimate of drug-likeness (QED) is 0.253. The number of hydrogen-bond donors (Lipinski definition) is 2. The van der Waals surface area contributed by atoms with Crippen molar-refractivity contribution < 1.29 is 18.9 Å². The second kappa shape index (κ2) is 8.60. The average molecular weight is 489 g/mol. The summed E-state index contributed by atoms with van der Waals surface area (Å²) in [4.78, 5) is 17.1. The fourth-order valence-electron chi connectivity index (χ4n) is 3.71. The first kappa shape index (κ1) is 22.1. The third kappa shape index (κ3) is 4.28. The molecule has 3 aromatic heterocycles. The summed E-state index contributed by atoms with van der Waals surface area (Å²) in [6.45, 7) is 3.57. The number of nitrogens with zero attached hydrogens (tertiary/aromatic N) is 1. The van der Waals surface area contributed by atoms with Crippen LogP contribution in [0, 0.1) is 6.92 Å². The molecule has 0 radical (unpaired) electrons. The van der Waals surface area contributed by atoms with Crippen molar-refractivity contribution in [2.45, 2.75) is 6.92 Å². The number of aromatic nitrogens is 1. The van der Waals surface area contributed by atoms with E-state index < -0.39 is 13.3 Å². The Hall–Kier alpha value is -3.67. The molecular weight excluding hydrogens is 467 g/mol. The van der Waals surface area contributed by atoms with E-state index in [1.165, 1.54) is 0 Å². The summed E-state index contributed by atoms with van der Waals surface area (Å²) in [5.41, 5.74) is 4.69. The zero-order chi connectivity index (χ0) is 23.9. The van der Waals surface area contributed by atoms with E-state index in [0.29, 0.717) is 16.8 Å². The maximum atomic E-state index is 13.4. The van der Waals surface area contributed by atoms with Crippen LogP contribution >= 0.6 is 18.6 Å². The van der Waals surface area contributed by atoms with Gasteiger partial charge in [-0.2, -0.15) is 0 Å². The molecule has 0 aliphatic carbocycles. The van der Waals surface area contributed by atoms with Crippen LogP contribution < -0.4 is 10.4 Å². The second-order valence-corrected chi connectivity index (χ2v) is 11.7. The predicted molar refractivity (Wildman–Crippen MR) is 138 cm³/mol. The van der Waals surface area contributed by atoms with E-state index >= 15 is 0 Å². The lowest BCUT2D eigenvalue weighted by molar-refractivity contribution is 0.0703. The van der Waals surface area contributed by atoms with Crippen molar-refractivity contribution in [1.82, 2.24) is 4.98 Å². The van der Waals surface area contributed by atoms with Crippen LogP contribution in [0.25, 0.3) is 32.9 Å². The van der Waals surface area contributed by atoms with E-state index in [4.69, 9.17) is 4.42 Å². The number of pyridine rings is 1. The number of aromatic carboxylic acids is 1. The number of rotatable bonds is 6. The molecule has 0 aliphatic rings. The first-order valence-electron chi connectivity index (χ1n) is 10.6. The zero-order valence-electron chi connectivity index (χ0n) is 18.5. The van der Waals surface area contributed by atoms with Gasteiger partial charge in [-0.3, -0.25) is 9.55 Å². The maximum Gasteiger partial charge on any atom is 0.348 e. The molecule has 3 heterocycles. The number of aryl methyl sites for hydroxylation is 1. The van der Waals surface area contributed by atoms with Crippen molar-refractivity contribution in [2.24, 2.45) is 0 Å². The summed E-state index contributed by atoms with van der Waals surface area (Å²) >= 11 is 1.15. The van der Waals surface area contributed by atoms with Gasteiger partial charge in [0.15, 0.2) is 12.9 Å². The van der Waals surface area contributed by atoms with Gasteiger partial charge in [0.1, 0.15) is 16.2 Å². The van der Waals surface area contributed by atoms with Crippen LogP contribution in [0.15, 0.2) is 83.4 Å². The molecule has 1 atom stereocenters. The van der Waals surface area contributed by atoms with Crippen molar-refractivity contribution in [1.29, 1.82) is 0 Å². The van der Waals surface area contributed by atoms with Gasteiger partial charge >= 0.3 is 5.97 Å². The molecule has 0 amide bonds. The largest absolute Gasteiger partial charge is 0.477 e. The van der Waals surface area contributed by atoms with E-state index in [1.807, 2.05) is 73.7 Å². The molecule has 5 rings (SSSR count). The average Bonchev–Trinajstić information content (AvgIpc) is 3.44. The summed E-state index contributed by atoms with van der Waals surface area (Å²) in [6.07, 6.45) is 1.72. The third-order valence-electron chi connectivity index (χ3n) is 5.53. The van der Waals surface area contributed by atoms with Gasteiger partial charge in [0, 0.05) is 34.7 Å². The molecule has 34 heavy (non-hydrogen) atoms. The highest BCUT2D eigenvalue weighted by Gasteiger charge is 2.24. The Morgan fingerprint density at radius 3 is 2.41 bits per heavy atom. The first-order valence-corrected chi connectivity index (χ1v) is 13.5. The number of anilines is 1. The van der Waals surface area contributed by atoms with E-state index in [0.717, 1.165) is 44.0 Å². The highest BCUT2D eigenvalue weighted by molar-refractivity contribution is 7.72. The Labute approximate surface area is 200 Å². The van der Waals surface area contributed by atoms with E-state index in [-0.39, 0.29) is 4.88 Å². The van der Waals surface area contributed by atoms with Crippen molar-refractivity contribution in [2.75, 3.05) is 11.8 Å². The van der Waals surface area contributed by atoms with Crippen LogP contribution in [-0.4, -0.2) is 22.7 Å². The number of fused-ring (bicyclic) bond motifs is 1. The molecule has 0 bridgehead atoms. The van der Waals surface area contributed by atoms with Crippen molar-refractivity contribution >= 4 is 46.7 Å². The molecule has 6 nitrogen and oxygen atoms in total. The Kier molecular flexibility index (Phi) is 5.60. The van der Waals surface area contributed by atoms with E-state index in [1.54, 1.807) is 18.9 Å². The number of nitrogens with one attached hydrogen (secondary N) is 1. The minimum atomic E-state index is -3.02. The first-order chi connectivity index (χ1) is 16.3. The Bertz CT molecular complexity index is 1520. The normalized spacial score (nSPS) is 13.0. The molecule has 0 fully saturated rings. The number of furan rings is 1. The van der Waals surface area contributed by atoms with Gasteiger partial charge < -0.3 is 14.6 Å². The van der Waals surface area contributed by atoms with Gasteiger partial charge in [-0.1, -0.05) is 42.0 Å². The lowest BCUT2D eigenvalue weighted by Gasteiger charge is -2.16. The molecule has 0 saturated heterocycles. The molecule has 170 valence electrons. The zero-order valence-corrected chi connectivity index (χ0v) is 20.2. The third-order valence-corrected chi connectivity index (χ3v) is 8.65. The molecule has 5 aromatic rings. The molecule has 8 heteroatoms. The summed E-state index contributed by atoms with van der Waals surface area (Å²) in [5.74, 6) is -0.348. The molecule has 0 saturated carbocycles. The van der Waals surface area contributed by atoms with E-state index in [9.17, 15) is 14.5 Å². The summed E-state index contributed by atoms with van der Waals surface area (Å²) in [6, 6.07) is 22.4. The molecule has 0 aliphatic heterocycles. The monoisotopic (exact) mass is 488 g/mol. The molecule has 2 aromatic carbocycles. The van der Waals surface area contributed by atoms with Gasteiger partial charge in [0.25, 0.3) is 0 Å². The van der Waals surface area contributed by atoms with Crippen LogP contribution in [-0.2, 0) is 4.57 Å². The number of hydrogen-bond acceptors (Lipinski definition) is 5. The highest BCUT2D eigenvalue weighted by atomic mass is 32.1. The van der Waals surface area contributed by atoms with Crippen LogP contribution in [0.1, 0.15) is 15.2 Å². The summed E-state index contributed by atoms with van der Waals surface area (Å²) in [7, 11) is -3.02. The van der Waals surface area contributed by atoms with Gasteiger partial charge in [-0.05, 0) is 42.8 Å². The van der Waals surface area contributed by atoms with Crippen molar-refractivity contribution in [3.8, 4) is 21.8 Å². The predicted octanol–water partition coefficient (Wildman–Crippen LogP) is 6.88. The smallest absolute Gasteiger partial charge is 0.348 e. The molecule has 0 spiro atoms. The van der Waals surface area contributed by atoms with E-state index in [2.05, 4.69) is 10.1 Å². The molecule has 1 unspecified atom stereocenters. The Balaban J connectivity index is 1.45. The second-order valence-electron chi connectivity index (χ2n) is 8.10. The van der Waals surface area contributed by atoms with Crippen LogP contribution in [0.4, 0.5) is 5.69 Å². The SMILES string of the molecule is Cc1ccc(P(C)(=O)Nc2cc(-c3ccc(-c4cc5ncccc5o4)cc3)sc2C(=O)O)cc1. The molecule has 2 N–H and O–H groups in total. The standard InChI is InChI=1S/C26H21N2O4PS/c1-16-5-11-19(12-6-16)33(2,31)28-21-15-24(34-25(21)26(29)30)18-9-7-17(8-10-18)23-14-20-22(32-23)4-3-13-27-20/h3-15H,1-2H3,(H,28,31)(H,29,30). The number of carboxylic acid groups (broad SMARTS) is 1. The fraction of sp³-hybridized carbons (Fsp3) is 0.0769. The van der Waals surface area contributed by atoms with Crippen molar-refractivity contribution in [3.05, 3.63) is 89.4 Å². The fourth-order valence-corrected chi connectivity index (χ4v) is 6.23. The van der Waals surface area contributed by atoms with Gasteiger partial charge in [0.2, 0.25) is 0 Å². The Morgan fingerprint density at radius 1 is 1.03 bits per heavy atom. The van der Waals surface area contributed by atoms with Gasteiger partial charge in [-0.15, -0.1) is 11.3 Å². The number of thiophene rings is 1.